The minimum atomic E-state index is -0.911. The Morgan fingerprint density at radius 3 is 2.14 bits per heavy atom. The van der Waals surface area contributed by atoms with Crippen molar-refractivity contribution in [2.24, 2.45) is 78.1 Å². The van der Waals surface area contributed by atoms with Gasteiger partial charge in [0.1, 0.15) is 19.9 Å². The molecule has 1 saturated heterocycles. The molecule has 0 saturated carbocycles. The Morgan fingerprint density at radius 1 is 0.741 bits per heavy atom. The first-order chi connectivity index (χ1) is 71.8. The predicted molar refractivity (Wildman–Crippen MR) is 596 cm³/mol. The van der Waals surface area contributed by atoms with Crippen molar-refractivity contribution in [1.29, 1.82) is 10.7 Å². The normalized spacial score (nSPS) is 21.6. The summed E-state index contributed by atoms with van der Waals surface area (Å²) in [6, 6.07) is 28.9. The quantitative estimate of drug-likeness (QED) is 0.00247. The molecule has 0 spiro atoms. The van der Waals surface area contributed by atoms with Crippen LogP contribution in [0.15, 0.2) is 281 Å². The number of aliphatic hydroxyl groups is 2. The minimum Gasteiger partial charge on any atom is -0.397 e. The van der Waals surface area contributed by atoms with E-state index in [1.807, 2.05) is 110 Å². The number of likely N-dealkylation sites (tertiary alicyclic amines) is 1. The number of hydrogen-bond donors (Lipinski definition) is 17. The van der Waals surface area contributed by atoms with E-state index in [0.29, 0.717) is 61.5 Å². The summed E-state index contributed by atoms with van der Waals surface area (Å²) in [6.07, 6.45) is 72.7. The number of nitrogens with two attached hydrogens (primary N) is 4. The Hall–Kier alpha value is -13.9. The number of nitrogens with zero attached hydrogens (tertiary/aromatic N) is 9. The Morgan fingerprint density at radius 2 is 1.44 bits per heavy atom. The largest absolute Gasteiger partial charge is 0.397 e. The topological polar surface area (TPSA) is 461 Å². The van der Waals surface area contributed by atoms with Gasteiger partial charge in [0.25, 0.3) is 0 Å². The van der Waals surface area contributed by atoms with Crippen LogP contribution in [0.4, 0.5) is 5.69 Å². The van der Waals surface area contributed by atoms with Crippen LogP contribution in [0.5, 0.6) is 0 Å². The second-order valence-electron chi connectivity index (χ2n) is 38.0. The average molecular weight is 2000 g/mol. The number of allylic oxidation sites excluding steroid dienone is 9. The van der Waals surface area contributed by atoms with E-state index in [9.17, 15) is 15.0 Å². The standard InChI is InChI=1S/C27H40N6O2.C23H30N4O.C22H29N5O.C22H25N5O.C22H30N4O2/c1-3-5-6-7-9-25(31-16-15-23(20-28)24(29)4-2)21-11-13-22(14-12-21)27(30)32-35-19-18-33-17-8-10-26(33)34;1-4-6-17(5-2)21(14-16-7-12-22-20(13-16)15-25-26-22)18-8-10-19(11-9-18)23(24)27-28-3;1-3-14(22(23)27-28-2)7-6-10-18-15-8-4-5-9-16(15)21-17-13-24-26-19(17)11-12-20(21)25-18;1-2-14(22(28)24-13-23)6-5-9-18-15-7-3-4-8-16(15)21-17-12-25-27-19(17)10-11-20(21)26-18;1-4-6-7-17-12-21(15-8-10-16(11-9-15)22(27)26-28-3)23-13-18(17)19-14-24-25-20(19)5-2/h4,7,9,11-16,20,23-25,28,31H,2-3,5-6,8,10,17-19,29H2,1H3,(H2,30,32);5,7-13,15,20-22,26H,4,6,14H2,1-3H3,(H2,24,27);3,6,10-14,17,19,22,26-27H,1,4-5,7-9,23H2,2H3;2,5,9-12,14,18,22,24,26,28H,1,3-4,6-8H2,(H,25,27);5,8-14,19-23,25-27H,2,4,6-7H2,1,3H3/b9-7+,16-15+,28-20?;17-5+;10-6+;9-5+;. The molecule has 4 aromatic carbocycles. The van der Waals surface area contributed by atoms with Crippen LogP contribution in [0.2, 0.25) is 0 Å². The number of carbonyl (C=O) groups is 1. The number of hydrazone groups is 3. The molecular formula is C116H154N24O7. The van der Waals surface area contributed by atoms with Gasteiger partial charge in [0.05, 0.1) is 86.3 Å². The highest BCUT2D eigenvalue weighted by Gasteiger charge is 2.36. The fourth-order valence-corrected chi connectivity index (χ4v) is 20.0. The van der Waals surface area contributed by atoms with Crippen LogP contribution in [0, 0.1) is 46.5 Å². The van der Waals surface area contributed by atoms with Crippen molar-refractivity contribution in [3.05, 3.63) is 322 Å². The summed E-state index contributed by atoms with van der Waals surface area (Å²) in [5.74, 6) is 1.72. The van der Waals surface area contributed by atoms with Gasteiger partial charge in [0, 0.05) is 119 Å². The van der Waals surface area contributed by atoms with Crippen LogP contribution in [0.3, 0.4) is 0 Å². The molecule has 21 N–H and O–H groups in total. The second-order valence-corrected chi connectivity index (χ2v) is 38.0. The maximum Gasteiger partial charge on any atom is 0.222 e. The second kappa shape index (κ2) is 58.4. The van der Waals surface area contributed by atoms with Crippen LogP contribution >= 0.6 is 0 Å². The van der Waals surface area contributed by atoms with Crippen LogP contribution in [-0.4, -0.2) is 156 Å². The third-order valence-electron chi connectivity index (χ3n) is 28.3. The third kappa shape index (κ3) is 30.6. The highest BCUT2D eigenvalue weighted by molar-refractivity contribution is 6.01. The van der Waals surface area contributed by atoms with Gasteiger partial charge in [-0.1, -0.05) is 238 Å². The molecule has 6 aliphatic heterocycles. The summed E-state index contributed by atoms with van der Waals surface area (Å²) in [6.45, 7) is 25.7. The SMILES string of the molecule is C/C=C(\CCC)C(CC1=CC2C=NNC2C=C1)c1ccc(C(N)=NOC)cc1.C=CC(C/C=C/C1Nc2ccc3[nH]ncc3c2C2=C1CCCC2)C(O)NC#N.C=CC(C/C=C/c1nc2c(c3c1CCCC3)C1C=NNC1C=C2)C(N)NOC.C=CC(N)C(C=N)/C=C/NC(/C=C/CCCC)c1ccc(C(N)=NOCCN2CCCC2=O)cc1.C=CC1NN=CC1C1=CNC(c2ccc(C(O)NOC)cc2)C=C1CCCC. The summed E-state index contributed by atoms with van der Waals surface area (Å²) in [7, 11) is 4.56. The number of amides is 1. The Balaban J connectivity index is 0.000000164. The van der Waals surface area contributed by atoms with E-state index in [1.165, 1.54) is 113 Å². The van der Waals surface area contributed by atoms with Gasteiger partial charge in [-0.05, 0) is 201 Å². The number of aliphatic hydroxyl groups excluding tert-OH is 2. The minimum absolute atomic E-state index is 0.0455. The molecule has 16 rings (SSSR count). The number of H-pyrrole nitrogens is 1. The molecule has 4 aliphatic carbocycles. The monoisotopic (exact) mass is 2000 g/mol. The van der Waals surface area contributed by atoms with Crippen molar-refractivity contribution in [2.75, 3.05) is 46.3 Å². The summed E-state index contributed by atoms with van der Waals surface area (Å²) < 4.78 is 0. The third-order valence-corrected chi connectivity index (χ3v) is 28.3. The molecule has 0 bridgehead atoms. The summed E-state index contributed by atoms with van der Waals surface area (Å²) in [5.41, 5.74) is 63.1. The molecule has 31 nitrogen and oxygen atoms in total. The molecule has 780 valence electrons. The van der Waals surface area contributed by atoms with Gasteiger partial charge in [-0.3, -0.25) is 15.2 Å². The van der Waals surface area contributed by atoms with Gasteiger partial charge in [-0.15, -0.1) is 26.3 Å². The van der Waals surface area contributed by atoms with E-state index in [0.717, 1.165) is 153 Å². The number of amidine groups is 2. The summed E-state index contributed by atoms with van der Waals surface area (Å²) >= 11 is 0. The number of pyridine rings is 1. The highest BCUT2D eigenvalue weighted by Crippen LogP contribution is 2.46. The van der Waals surface area contributed by atoms with Gasteiger partial charge < -0.3 is 95.0 Å². The fourth-order valence-electron chi connectivity index (χ4n) is 20.0. The van der Waals surface area contributed by atoms with Crippen LogP contribution < -0.4 is 71.4 Å². The highest BCUT2D eigenvalue weighted by atomic mass is 16.7. The smallest absolute Gasteiger partial charge is 0.222 e. The van der Waals surface area contributed by atoms with Crippen molar-refractivity contribution in [1.82, 2.24) is 63.3 Å². The van der Waals surface area contributed by atoms with Crippen molar-refractivity contribution in [3.8, 4) is 6.19 Å². The molecule has 0 radical (unpaired) electrons. The number of rotatable bonds is 46. The van der Waals surface area contributed by atoms with E-state index >= 15 is 0 Å². The van der Waals surface area contributed by atoms with Crippen LogP contribution in [0.25, 0.3) is 28.6 Å². The lowest BCUT2D eigenvalue weighted by molar-refractivity contribution is -0.128. The molecule has 2 aromatic heterocycles. The first-order valence-corrected chi connectivity index (χ1v) is 52.0. The zero-order chi connectivity index (χ0) is 104. The number of hydroxylamine groups is 2. The molecule has 147 heavy (non-hydrogen) atoms. The van der Waals surface area contributed by atoms with Gasteiger partial charge in [-0.2, -0.15) is 36.6 Å². The number of benzene rings is 4. The molecule has 10 aliphatic rings. The summed E-state index contributed by atoms with van der Waals surface area (Å²) in [5, 5.41) is 78.3. The summed E-state index contributed by atoms with van der Waals surface area (Å²) in [4.78, 5) is 38.3. The Bertz CT molecular complexity index is 5930. The molecule has 6 aromatic rings. The lowest BCUT2D eigenvalue weighted by Gasteiger charge is -2.34. The Kier molecular flexibility index (Phi) is 44.4. The number of carbonyl (C=O) groups excluding carboxylic acids is 1. The number of nitriles is 1. The van der Waals surface area contributed by atoms with Crippen molar-refractivity contribution in [3.63, 3.8) is 0 Å². The molecule has 31 heteroatoms. The number of aromatic nitrogens is 3. The number of unbranched alkanes of at least 4 members (excludes halogenated alkanes) is 3. The zero-order valence-electron chi connectivity index (χ0n) is 86.4. The molecule has 17 atom stereocenters. The van der Waals surface area contributed by atoms with E-state index < -0.39 is 12.5 Å². The van der Waals surface area contributed by atoms with Gasteiger partial charge in [0.2, 0.25) is 5.91 Å². The van der Waals surface area contributed by atoms with E-state index in [4.69, 9.17) is 57.9 Å². The number of aromatic amines is 1. The number of anilines is 1. The van der Waals surface area contributed by atoms with Gasteiger partial charge in [0.15, 0.2) is 24.1 Å². The number of hydrogen-bond acceptors (Lipinski definition) is 27. The number of dihydropyridines is 1. The van der Waals surface area contributed by atoms with Crippen molar-refractivity contribution >= 4 is 76.8 Å². The molecule has 1 amide bonds. The van der Waals surface area contributed by atoms with Crippen LogP contribution in [-0.2, 0) is 37.0 Å². The van der Waals surface area contributed by atoms with E-state index in [2.05, 4.69) is 248 Å². The fraction of sp³-hybridized carbons (Fsp3) is 0.414. The zero-order valence-corrected chi connectivity index (χ0v) is 86.4. The number of fused-ring (bicyclic) bond motifs is 10. The van der Waals surface area contributed by atoms with Gasteiger partial charge in [-0.25, -0.2) is 4.98 Å². The number of nitrogens with one attached hydrogen (secondary N) is 11. The van der Waals surface area contributed by atoms with Crippen molar-refractivity contribution in [2.45, 2.75) is 235 Å². The molecule has 8 heterocycles. The molecular weight excluding hydrogens is 1840 g/mol. The molecule has 1 fully saturated rings. The van der Waals surface area contributed by atoms with Crippen LogP contribution in [0.1, 0.15) is 247 Å². The Labute approximate surface area is 868 Å². The van der Waals surface area contributed by atoms with E-state index in [-0.39, 0.29) is 72.0 Å². The molecule has 17 unspecified atom stereocenters. The van der Waals surface area contributed by atoms with Gasteiger partial charge >= 0.3 is 0 Å². The predicted octanol–water partition coefficient (Wildman–Crippen LogP) is 17.6. The number of oxime groups is 2. The van der Waals surface area contributed by atoms with E-state index in [1.54, 1.807) is 30.4 Å². The first kappa shape index (κ1) is 112. The van der Waals surface area contributed by atoms with Crippen molar-refractivity contribution < 1.29 is 34.4 Å². The lowest BCUT2D eigenvalue weighted by Crippen LogP contribution is -2.42. The first-order valence-electron chi connectivity index (χ1n) is 52.0. The lowest BCUT2D eigenvalue weighted by atomic mass is 9.78. The maximum atomic E-state index is 11.6. The average Bonchev–Trinajstić information content (AvgIpc) is 1.17. The maximum absolute atomic E-state index is 11.6.